The molecule has 0 aliphatic rings. The summed E-state index contributed by atoms with van der Waals surface area (Å²) in [5.41, 5.74) is 7.19. The first-order chi connectivity index (χ1) is 14.5. The van der Waals surface area contributed by atoms with E-state index in [1.165, 1.54) is 16.7 Å². The summed E-state index contributed by atoms with van der Waals surface area (Å²) >= 11 is 0. The molecule has 30 heavy (non-hydrogen) atoms. The molecular weight excluding hydrogens is 370 g/mol. The molecule has 0 aliphatic heterocycles. The van der Waals surface area contributed by atoms with Crippen molar-refractivity contribution in [2.75, 3.05) is 0 Å². The molecular formula is C26H27N3O. The SMILES string of the molecule is Cc1ccccc1CN(C(=O)c1ccc(-c2n[nH]c3cccc(C)c23)cc1)C(C)C. The Hall–Kier alpha value is -3.40. The molecule has 0 fully saturated rings. The van der Waals surface area contributed by atoms with Crippen molar-refractivity contribution >= 4 is 16.8 Å². The van der Waals surface area contributed by atoms with Gasteiger partial charge in [0.1, 0.15) is 5.69 Å². The zero-order valence-electron chi connectivity index (χ0n) is 17.9. The number of H-pyrrole nitrogens is 1. The molecule has 4 nitrogen and oxygen atoms in total. The van der Waals surface area contributed by atoms with Crippen molar-refractivity contribution in [3.63, 3.8) is 0 Å². The van der Waals surface area contributed by atoms with Gasteiger partial charge in [-0.3, -0.25) is 9.89 Å². The van der Waals surface area contributed by atoms with E-state index in [1.54, 1.807) is 0 Å². The maximum absolute atomic E-state index is 13.3. The highest BCUT2D eigenvalue weighted by molar-refractivity contribution is 5.97. The van der Waals surface area contributed by atoms with Crippen LogP contribution in [0.4, 0.5) is 0 Å². The summed E-state index contributed by atoms with van der Waals surface area (Å²) in [5, 5.41) is 8.74. The van der Waals surface area contributed by atoms with Crippen molar-refractivity contribution < 1.29 is 4.79 Å². The zero-order valence-corrected chi connectivity index (χ0v) is 17.9. The average molecular weight is 398 g/mol. The summed E-state index contributed by atoms with van der Waals surface area (Å²) < 4.78 is 0. The van der Waals surface area contributed by atoms with E-state index in [2.05, 4.69) is 56.1 Å². The molecule has 4 heteroatoms. The minimum absolute atomic E-state index is 0.0443. The lowest BCUT2D eigenvalue weighted by molar-refractivity contribution is 0.0690. The predicted octanol–water partition coefficient (Wildman–Crippen LogP) is 5.90. The molecule has 0 unspecified atom stereocenters. The molecule has 1 heterocycles. The Balaban J connectivity index is 1.62. The third-order valence-electron chi connectivity index (χ3n) is 5.69. The van der Waals surface area contributed by atoms with E-state index in [1.807, 2.05) is 53.4 Å². The first-order valence-electron chi connectivity index (χ1n) is 10.4. The molecule has 0 atom stereocenters. The lowest BCUT2D eigenvalue weighted by Gasteiger charge is -2.27. The number of aryl methyl sites for hydroxylation is 2. The number of aromatic amines is 1. The molecule has 152 valence electrons. The van der Waals surface area contributed by atoms with Crippen LogP contribution in [-0.4, -0.2) is 27.0 Å². The average Bonchev–Trinajstić information content (AvgIpc) is 3.18. The van der Waals surface area contributed by atoms with Crippen LogP contribution in [0.25, 0.3) is 22.2 Å². The summed E-state index contributed by atoms with van der Waals surface area (Å²) in [5.74, 6) is 0.0443. The number of nitrogens with zero attached hydrogens (tertiary/aromatic N) is 2. The van der Waals surface area contributed by atoms with Gasteiger partial charge in [0.05, 0.1) is 5.52 Å². The van der Waals surface area contributed by atoms with Crippen LogP contribution < -0.4 is 0 Å². The van der Waals surface area contributed by atoms with Crippen LogP contribution >= 0.6 is 0 Å². The van der Waals surface area contributed by atoms with Gasteiger partial charge in [0.15, 0.2) is 0 Å². The molecule has 0 aliphatic carbocycles. The number of hydrogen-bond donors (Lipinski definition) is 1. The fraction of sp³-hybridized carbons (Fsp3) is 0.231. The van der Waals surface area contributed by atoms with Gasteiger partial charge in [-0.25, -0.2) is 0 Å². The molecule has 3 aromatic carbocycles. The first-order valence-corrected chi connectivity index (χ1v) is 10.4. The number of rotatable bonds is 5. The zero-order chi connectivity index (χ0) is 21.3. The van der Waals surface area contributed by atoms with Gasteiger partial charge in [-0.2, -0.15) is 5.10 Å². The third-order valence-corrected chi connectivity index (χ3v) is 5.69. The molecule has 0 saturated heterocycles. The molecule has 4 rings (SSSR count). The first kappa shape index (κ1) is 19.9. The van der Waals surface area contributed by atoms with Crippen LogP contribution in [0.3, 0.4) is 0 Å². The Morgan fingerprint density at radius 2 is 1.63 bits per heavy atom. The van der Waals surface area contributed by atoms with Crippen molar-refractivity contribution in [2.24, 2.45) is 0 Å². The minimum Gasteiger partial charge on any atom is -0.332 e. The number of hydrogen-bond acceptors (Lipinski definition) is 2. The van der Waals surface area contributed by atoms with Crippen molar-refractivity contribution in [3.05, 3.63) is 89.0 Å². The number of carbonyl (C=O) groups excluding carboxylic acids is 1. The van der Waals surface area contributed by atoms with Crippen LogP contribution in [0.1, 0.15) is 40.9 Å². The monoisotopic (exact) mass is 397 g/mol. The molecule has 1 aromatic heterocycles. The van der Waals surface area contributed by atoms with Gasteiger partial charge in [-0.05, 0) is 62.6 Å². The van der Waals surface area contributed by atoms with Crippen LogP contribution in [0, 0.1) is 13.8 Å². The van der Waals surface area contributed by atoms with E-state index < -0.39 is 0 Å². The number of benzene rings is 3. The standard InChI is InChI=1S/C26H27N3O/c1-17(2)29(16-22-10-6-5-8-18(22)3)26(30)21-14-12-20(13-15-21)25-24-19(4)9-7-11-23(24)27-28-25/h5-15,17H,16H2,1-4H3,(H,27,28). The van der Waals surface area contributed by atoms with Gasteiger partial charge >= 0.3 is 0 Å². The van der Waals surface area contributed by atoms with E-state index in [9.17, 15) is 4.79 Å². The Morgan fingerprint density at radius 1 is 0.933 bits per heavy atom. The van der Waals surface area contributed by atoms with E-state index >= 15 is 0 Å². The van der Waals surface area contributed by atoms with Gasteiger partial charge < -0.3 is 4.90 Å². The van der Waals surface area contributed by atoms with Crippen molar-refractivity contribution in [2.45, 2.75) is 40.3 Å². The summed E-state index contributed by atoms with van der Waals surface area (Å²) in [4.78, 5) is 15.2. The predicted molar refractivity (Wildman–Crippen MR) is 122 cm³/mol. The molecule has 0 spiro atoms. The Kier molecular flexibility index (Phi) is 5.40. The smallest absolute Gasteiger partial charge is 0.254 e. The van der Waals surface area contributed by atoms with Crippen LogP contribution in [-0.2, 0) is 6.54 Å². The van der Waals surface area contributed by atoms with E-state index in [0.29, 0.717) is 12.1 Å². The van der Waals surface area contributed by atoms with Crippen molar-refractivity contribution in [1.82, 2.24) is 15.1 Å². The lowest BCUT2D eigenvalue weighted by atomic mass is 10.0. The second-order valence-electron chi connectivity index (χ2n) is 8.10. The molecule has 1 N–H and O–H groups in total. The number of carbonyl (C=O) groups is 1. The summed E-state index contributed by atoms with van der Waals surface area (Å²) in [6.07, 6.45) is 0. The van der Waals surface area contributed by atoms with Crippen molar-refractivity contribution in [1.29, 1.82) is 0 Å². The lowest BCUT2D eigenvalue weighted by Crippen LogP contribution is -2.36. The molecule has 0 bridgehead atoms. The fourth-order valence-electron chi connectivity index (χ4n) is 3.85. The van der Waals surface area contributed by atoms with Crippen LogP contribution in [0.5, 0.6) is 0 Å². The summed E-state index contributed by atoms with van der Waals surface area (Å²) in [7, 11) is 0. The van der Waals surface area contributed by atoms with Gasteiger partial charge in [0.25, 0.3) is 5.91 Å². The van der Waals surface area contributed by atoms with Gasteiger partial charge in [-0.15, -0.1) is 0 Å². The normalized spacial score (nSPS) is 11.2. The highest BCUT2D eigenvalue weighted by Gasteiger charge is 2.20. The molecule has 1 amide bonds. The highest BCUT2D eigenvalue weighted by atomic mass is 16.2. The molecule has 0 saturated carbocycles. The second kappa shape index (κ2) is 8.15. The van der Waals surface area contributed by atoms with Crippen LogP contribution in [0.2, 0.25) is 0 Å². The summed E-state index contributed by atoms with van der Waals surface area (Å²) in [6.45, 7) is 8.90. The largest absolute Gasteiger partial charge is 0.332 e. The van der Waals surface area contributed by atoms with Crippen LogP contribution in [0.15, 0.2) is 66.7 Å². The number of fused-ring (bicyclic) bond motifs is 1. The van der Waals surface area contributed by atoms with Crippen molar-refractivity contribution in [3.8, 4) is 11.3 Å². The van der Waals surface area contributed by atoms with Gasteiger partial charge in [0.2, 0.25) is 0 Å². The number of amides is 1. The topological polar surface area (TPSA) is 49.0 Å². The minimum atomic E-state index is 0.0443. The maximum Gasteiger partial charge on any atom is 0.254 e. The summed E-state index contributed by atoms with van der Waals surface area (Å²) in [6, 6.07) is 22.3. The second-order valence-corrected chi connectivity index (χ2v) is 8.10. The Labute approximate surface area is 177 Å². The maximum atomic E-state index is 13.3. The van der Waals surface area contributed by atoms with E-state index in [-0.39, 0.29) is 11.9 Å². The number of nitrogens with one attached hydrogen (secondary N) is 1. The number of aromatic nitrogens is 2. The Morgan fingerprint density at radius 3 is 2.33 bits per heavy atom. The quantitative estimate of drug-likeness (QED) is 0.456. The third kappa shape index (κ3) is 3.73. The van der Waals surface area contributed by atoms with E-state index in [4.69, 9.17) is 0 Å². The molecule has 0 radical (unpaired) electrons. The van der Waals surface area contributed by atoms with Gasteiger partial charge in [-0.1, -0.05) is 48.5 Å². The Bertz CT molecular complexity index is 1190. The van der Waals surface area contributed by atoms with E-state index in [0.717, 1.165) is 22.2 Å². The highest BCUT2D eigenvalue weighted by Crippen LogP contribution is 2.29. The van der Waals surface area contributed by atoms with Gasteiger partial charge in [0, 0.05) is 29.1 Å². The fourth-order valence-corrected chi connectivity index (χ4v) is 3.85. The molecule has 4 aromatic rings.